The third-order valence-electron chi connectivity index (χ3n) is 5.72. The molecule has 0 radical (unpaired) electrons. The van der Waals surface area contributed by atoms with Crippen molar-refractivity contribution in [3.63, 3.8) is 0 Å². The van der Waals surface area contributed by atoms with E-state index in [4.69, 9.17) is 9.47 Å². The predicted molar refractivity (Wildman–Crippen MR) is 134 cm³/mol. The van der Waals surface area contributed by atoms with Crippen LogP contribution in [0.3, 0.4) is 0 Å². The van der Waals surface area contributed by atoms with Crippen LogP contribution in [0.5, 0.6) is 5.75 Å². The van der Waals surface area contributed by atoms with Crippen molar-refractivity contribution >= 4 is 17.5 Å². The fourth-order valence-corrected chi connectivity index (χ4v) is 4.83. The van der Waals surface area contributed by atoms with Crippen LogP contribution < -0.4 is 4.74 Å². The molecule has 0 saturated carbocycles. The molecule has 34 heavy (non-hydrogen) atoms. The van der Waals surface area contributed by atoms with Crippen LogP contribution in [0.4, 0.5) is 0 Å². The summed E-state index contributed by atoms with van der Waals surface area (Å²) >= 11 is 1.38. The van der Waals surface area contributed by atoms with Crippen LogP contribution >= 0.6 is 11.8 Å². The number of nitrogens with zero attached hydrogens (tertiary/aromatic N) is 4. The largest absolute Gasteiger partial charge is 0.496 e. The van der Waals surface area contributed by atoms with E-state index < -0.39 is 0 Å². The quantitative estimate of drug-likeness (QED) is 0.237. The molecule has 2 heterocycles. The first kappa shape index (κ1) is 23.8. The Hall–Kier alpha value is -3.36. The van der Waals surface area contributed by atoms with E-state index in [-0.39, 0.29) is 11.5 Å². The molecule has 0 amide bonds. The van der Waals surface area contributed by atoms with Crippen molar-refractivity contribution in [3.8, 4) is 22.8 Å². The fourth-order valence-electron chi connectivity index (χ4n) is 3.99. The number of hydrogen-bond donors (Lipinski definition) is 0. The van der Waals surface area contributed by atoms with Crippen molar-refractivity contribution in [2.75, 3.05) is 26.6 Å². The zero-order valence-corrected chi connectivity index (χ0v) is 20.6. The van der Waals surface area contributed by atoms with Gasteiger partial charge in [-0.05, 0) is 44.2 Å². The van der Waals surface area contributed by atoms with Gasteiger partial charge < -0.3 is 14.0 Å². The van der Waals surface area contributed by atoms with Gasteiger partial charge in [-0.2, -0.15) is 0 Å². The number of aryl methyl sites for hydroxylation is 1. The first-order valence-corrected chi connectivity index (χ1v) is 12.0. The molecule has 7 nitrogen and oxygen atoms in total. The standard InChI is InChI=1S/C26H28N4O3S/c1-18-16-22(19(2)29(18)14-15-32-3)23(31)17-34-26-28-27-25(21-12-8-9-13-24(21)33-4)30(26)20-10-6-5-7-11-20/h5-13,16H,14-15,17H2,1-4H3. The number of Topliss-reactive ketones (excluding diaryl/α,β-unsaturated/α-hetero) is 1. The van der Waals surface area contributed by atoms with Crippen molar-refractivity contribution in [1.29, 1.82) is 0 Å². The van der Waals surface area contributed by atoms with E-state index in [0.29, 0.717) is 23.3 Å². The monoisotopic (exact) mass is 476 g/mol. The second-order valence-electron chi connectivity index (χ2n) is 7.82. The molecule has 2 aromatic carbocycles. The zero-order chi connectivity index (χ0) is 24.1. The van der Waals surface area contributed by atoms with Crippen molar-refractivity contribution < 1.29 is 14.3 Å². The van der Waals surface area contributed by atoms with Gasteiger partial charge in [0.05, 0.1) is 25.0 Å². The zero-order valence-electron chi connectivity index (χ0n) is 19.8. The molecule has 2 aromatic heterocycles. The lowest BCUT2D eigenvalue weighted by atomic mass is 10.2. The molecule has 0 spiro atoms. The van der Waals surface area contributed by atoms with Gasteiger partial charge in [0.25, 0.3) is 0 Å². The summed E-state index contributed by atoms with van der Waals surface area (Å²) in [5.74, 6) is 1.69. The molecule has 0 atom stereocenters. The van der Waals surface area contributed by atoms with Crippen LogP contribution in [0.2, 0.25) is 0 Å². The van der Waals surface area contributed by atoms with E-state index in [9.17, 15) is 4.79 Å². The number of carbonyl (C=O) groups is 1. The Morgan fingerprint density at radius 2 is 1.74 bits per heavy atom. The van der Waals surface area contributed by atoms with Crippen LogP contribution in [0.1, 0.15) is 21.7 Å². The summed E-state index contributed by atoms with van der Waals surface area (Å²) in [5, 5.41) is 9.56. The number of ether oxygens (including phenoxy) is 2. The molecule has 176 valence electrons. The molecule has 0 unspecified atom stereocenters. The second kappa shape index (κ2) is 10.7. The van der Waals surface area contributed by atoms with Gasteiger partial charge in [0.2, 0.25) is 0 Å². The lowest BCUT2D eigenvalue weighted by molar-refractivity contribution is 0.102. The Labute approximate surface area is 203 Å². The van der Waals surface area contributed by atoms with E-state index in [0.717, 1.165) is 34.7 Å². The molecule has 8 heteroatoms. The summed E-state index contributed by atoms with van der Waals surface area (Å²) in [4.78, 5) is 13.2. The van der Waals surface area contributed by atoms with Crippen molar-refractivity contribution in [2.24, 2.45) is 0 Å². The maximum absolute atomic E-state index is 13.2. The van der Waals surface area contributed by atoms with Gasteiger partial charge in [0.15, 0.2) is 16.8 Å². The molecule has 0 N–H and O–H groups in total. The van der Waals surface area contributed by atoms with Crippen molar-refractivity contribution in [3.05, 3.63) is 77.6 Å². The summed E-state index contributed by atoms with van der Waals surface area (Å²) in [6.07, 6.45) is 0. The maximum atomic E-state index is 13.2. The highest BCUT2D eigenvalue weighted by Crippen LogP contribution is 2.33. The number of benzene rings is 2. The highest BCUT2D eigenvalue weighted by molar-refractivity contribution is 7.99. The molecule has 0 saturated heterocycles. The Morgan fingerprint density at radius 3 is 2.47 bits per heavy atom. The highest BCUT2D eigenvalue weighted by atomic mass is 32.2. The molecule has 0 aliphatic rings. The van der Waals surface area contributed by atoms with E-state index in [1.54, 1.807) is 14.2 Å². The van der Waals surface area contributed by atoms with Crippen molar-refractivity contribution in [2.45, 2.75) is 25.5 Å². The third-order valence-corrected chi connectivity index (χ3v) is 6.65. The smallest absolute Gasteiger partial charge is 0.196 e. The molecule has 4 aromatic rings. The average Bonchev–Trinajstić information content (AvgIpc) is 3.42. The lowest BCUT2D eigenvalue weighted by Crippen LogP contribution is -2.10. The minimum Gasteiger partial charge on any atom is -0.496 e. The van der Waals surface area contributed by atoms with Gasteiger partial charge in [-0.1, -0.05) is 42.1 Å². The molecular weight excluding hydrogens is 448 g/mol. The Balaban J connectivity index is 1.65. The van der Waals surface area contributed by atoms with E-state index in [2.05, 4.69) is 14.8 Å². The summed E-state index contributed by atoms with van der Waals surface area (Å²) < 4.78 is 14.9. The summed E-state index contributed by atoms with van der Waals surface area (Å²) in [6, 6.07) is 19.6. The predicted octanol–water partition coefficient (Wildman–Crippen LogP) is 4.98. The minimum atomic E-state index is 0.0585. The van der Waals surface area contributed by atoms with Crippen LogP contribution in [-0.4, -0.2) is 51.7 Å². The van der Waals surface area contributed by atoms with Crippen LogP contribution in [0.25, 0.3) is 17.1 Å². The number of thioether (sulfide) groups is 1. The molecule has 4 rings (SSSR count). The summed E-state index contributed by atoms with van der Waals surface area (Å²) in [6.45, 7) is 5.31. The molecule has 0 bridgehead atoms. The number of rotatable bonds is 10. The number of ketones is 1. The lowest BCUT2D eigenvalue weighted by Gasteiger charge is -2.12. The van der Waals surface area contributed by atoms with Crippen LogP contribution in [-0.2, 0) is 11.3 Å². The first-order valence-electron chi connectivity index (χ1n) is 11.0. The van der Waals surface area contributed by atoms with Gasteiger partial charge in [-0.15, -0.1) is 10.2 Å². The fraction of sp³-hybridized carbons (Fsp3) is 0.269. The highest BCUT2D eigenvalue weighted by Gasteiger charge is 2.21. The van der Waals surface area contributed by atoms with Gasteiger partial charge in [0.1, 0.15) is 5.75 Å². The summed E-state index contributed by atoms with van der Waals surface area (Å²) in [7, 11) is 3.32. The van der Waals surface area contributed by atoms with E-state index in [1.807, 2.05) is 79.1 Å². The average molecular weight is 477 g/mol. The number of aromatic nitrogens is 4. The molecule has 0 aliphatic heterocycles. The maximum Gasteiger partial charge on any atom is 0.196 e. The third kappa shape index (κ3) is 4.78. The van der Waals surface area contributed by atoms with Crippen LogP contribution in [0, 0.1) is 13.8 Å². The van der Waals surface area contributed by atoms with Gasteiger partial charge in [0, 0.05) is 36.3 Å². The molecule has 0 aliphatic carbocycles. The topological polar surface area (TPSA) is 71.2 Å². The van der Waals surface area contributed by atoms with Gasteiger partial charge in [-0.25, -0.2) is 0 Å². The van der Waals surface area contributed by atoms with Crippen LogP contribution in [0.15, 0.2) is 65.8 Å². The number of carbonyl (C=O) groups excluding carboxylic acids is 1. The SMILES string of the molecule is COCCn1c(C)cc(C(=O)CSc2nnc(-c3ccccc3OC)n2-c2ccccc2)c1C. The number of para-hydroxylation sites is 2. The molecule has 0 fully saturated rings. The minimum absolute atomic E-state index is 0.0585. The number of methoxy groups -OCH3 is 2. The number of hydrogen-bond acceptors (Lipinski definition) is 6. The summed E-state index contributed by atoms with van der Waals surface area (Å²) in [5.41, 5.74) is 4.49. The first-order chi connectivity index (χ1) is 16.5. The van der Waals surface area contributed by atoms with E-state index in [1.165, 1.54) is 11.8 Å². The Kier molecular flexibility index (Phi) is 7.49. The Morgan fingerprint density at radius 1 is 1.00 bits per heavy atom. The van der Waals surface area contributed by atoms with E-state index >= 15 is 0 Å². The second-order valence-corrected chi connectivity index (χ2v) is 8.76. The Bertz CT molecular complexity index is 1280. The normalized spacial score (nSPS) is 11.1. The molecular formula is C26H28N4O3S. The van der Waals surface area contributed by atoms with Gasteiger partial charge >= 0.3 is 0 Å². The van der Waals surface area contributed by atoms with Crippen molar-refractivity contribution in [1.82, 2.24) is 19.3 Å². The van der Waals surface area contributed by atoms with Gasteiger partial charge in [-0.3, -0.25) is 9.36 Å².